The molecule has 3 heterocycles. The average molecular weight is 402 g/mol. The second-order valence-corrected chi connectivity index (χ2v) is 8.16. The van der Waals surface area contributed by atoms with Crippen LogP contribution in [0.1, 0.15) is 33.3 Å². The van der Waals surface area contributed by atoms with Crippen molar-refractivity contribution in [3.63, 3.8) is 0 Å². The lowest BCUT2D eigenvalue weighted by Crippen LogP contribution is -2.59. The van der Waals surface area contributed by atoms with E-state index in [0.29, 0.717) is 6.61 Å². The Kier molecular flexibility index (Phi) is 6.85. The van der Waals surface area contributed by atoms with Gasteiger partial charge in [-0.3, -0.25) is 9.69 Å². The fraction of sp³-hybridized carbons (Fsp3) is 0.609. The number of hydrogen-bond acceptors (Lipinski definition) is 4. The fourth-order valence-corrected chi connectivity index (χ4v) is 4.62. The molecule has 0 radical (unpaired) electrons. The zero-order chi connectivity index (χ0) is 19.6. The van der Waals surface area contributed by atoms with Crippen LogP contribution in [0.4, 0.5) is 5.69 Å². The van der Waals surface area contributed by atoms with E-state index >= 15 is 0 Å². The molecule has 0 spiro atoms. The molecule has 0 saturated carbocycles. The molecule has 1 aromatic carbocycles. The van der Waals surface area contributed by atoms with E-state index in [1.807, 2.05) is 12.1 Å². The van der Waals surface area contributed by atoms with Crippen molar-refractivity contribution in [1.82, 2.24) is 9.88 Å². The van der Waals surface area contributed by atoms with Crippen LogP contribution in [0.3, 0.4) is 0 Å². The highest BCUT2D eigenvalue weighted by Crippen LogP contribution is 2.30. The van der Waals surface area contributed by atoms with Crippen molar-refractivity contribution >= 4 is 16.6 Å². The Morgan fingerprint density at radius 2 is 1.93 bits per heavy atom. The van der Waals surface area contributed by atoms with E-state index in [4.69, 9.17) is 4.74 Å². The standard InChI is InChI=1S/C22H32N4O2.CH4/c1-3-26(4-2)13-10-25(11-14-26)12-15-28-17-7-8-20-19(16-17)21-18(22(27)24-20)6-5-9-23-21;/h7-8,16H,3-6,9-15H2,1-2H3,(H-,23,24,27);1H4/p+1. The third-order valence-corrected chi connectivity index (χ3v) is 6.79. The SMILES string of the molecule is C.CC[N+]1(CC)CCN(CCOc2ccc3[nH]c(=O)c4c(c3c2)NCCC4)CC1. The van der Waals surface area contributed by atoms with Gasteiger partial charge < -0.3 is 19.5 Å². The molecule has 0 amide bonds. The first-order valence-electron chi connectivity index (χ1n) is 10.8. The van der Waals surface area contributed by atoms with Crippen LogP contribution in [0.5, 0.6) is 5.75 Å². The van der Waals surface area contributed by atoms with E-state index in [2.05, 4.69) is 35.1 Å². The van der Waals surface area contributed by atoms with Gasteiger partial charge in [-0.25, -0.2) is 0 Å². The molecule has 2 aliphatic rings. The van der Waals surface area contributed by atoms with Crippen molar-refractivity contribution in [1.29, 1.82) is 0 Å². The maximum absolute atomic E-state index is 12.3. The Balaban J connectivity index is 0.00000240. The number of aromatic amines is 1. The summed E-state index contributed by atoms with van der Waals surface area (Å²) >= 11 is 0. The quantitative estimate of drug-likeness (QED) is 0.731. The highest BCUT2D eigenvalue weighted by atomic mass is 16.5. The Morgan fingerprint density at radius 1 is 1.17 bits per heavy atom. The third kappa shape index (κ3) is 4.43. The predicted octanol–water partition coefficient (Wildman–Crippen LogP) is 3.07. The molecule has 6 heteroatoms. The molecule has 6 nitrogen and oxygen atoms in total. The van der Waals surface area contributed by atoms with Gasteiger partial charge in [0.1, 0.15) is 12.4 Å². The maximum atomic E-state index is 12.3. The molecule has 160 valence electrons. The van der Waals surface area contributed by atoms with E-state index in [-0.39, 0.29) is 13.0 Å². The molecule has 1 saturated heterocycles. The number of nitrogens with one attached hydrogen (secondary N) is 2. The second kappa shape index (κ2) is 9.18. The molecule has 2 N–H and O–H groups in total. The molecule has 0 unspecified atom stereocenters. The smallest absolute Gasteiger partial charge is 0.253 e. The monoisotopic (exact) mass is 401 g/mol. The van der Waals surface area contributed by atoms with Crippen molar-refractivity contribution in [2.45, 2.75) is 34.1 Å². The highest BCUT2D eigenvalue weighted by Gasteiger charge is 2.29. The molecule has 2 aromatic rings. The first-order chi connectivity index (χ1) is 13.6. The largest absolute Gasteiger partial charge is 0.492 e. The molecule has 1 fully saturated rings. The van der Waals surface area contributed by atoms with Gasteiger partial charge in [0.25, 0.3) is 5.56 Å². The molecule has 2 aliphatic heterocycles. The lowest BCUT2D eigenvalue weighted by Gasteiger charge is -2.43. The van der Waals surface area contributed by atoms with Gasteiger partial charge in [0.15, 0.2) is 0 Å². The van der Waals surface area contributed by atoms with Gasteiger partial charge in [-0.15, -0.1) is 0 Å². The van der Waals surface area contributed by atoms with Crippen molar-refractivity contribution in [3.05, 3.63) is 34.1 Å². The number of anilines is 1. The highest BCUT2D eigenvalue weighted by molar-refractivity contribution is 5.94. The van der Waals surface area contributed by atoms with Gasteiger partial charge in [-0.05, 0) is 44.9 Å². The van der Waals surface area contributed by atoms with Crippen LogP contribution in [-0.2, 0) is 6.42 Å². The zero-order valence-corrected chi connectivity index (χ0v) is 17.2. The number of quaternary nitrogens is 1. The molecule has 0 aliphatic carbocycles. The number of H-pyrrole nitrogens is 1. The summed E-state index contributed by atoms with van der Waals surface area (Å²) in [5, 5.41) is 4.47. The number of aromatic nitrogens is 1. The van der Waals surface area contributed by atoms with Crippen LogP contribution in [0.2, 0.25) is 0 Å². The van der Waals surface area contributed by atoms with Crippen molar-refractivity contribution in [2.24, 2.45) is 0 Å². The van der Waals surface area contributed by atoms with Crippen LogP contribution in [-0.4, -0.2) is 73.3 Å². The van der Waals surface area contributed by atoms with E-state index in [9.17, 15) is 4.79 Å². The lowest BCUT2D eigenvalue weighted by molar-refractivity contribution is -0.928. The Bertz CT molecular complexity index is 878. The van der Waals surface area contributed by atoms with Gasteiger partial charge in [-0.1, -0.05) is 7.43 Å². The first-order valence-corrected chi connectivity index (χ1v) is 10.8. The summed E-state index contributed by atoms with van der Waals surface area (Å²) in [4.78, 5) is 17.8. The van der Waals surface area contributed by atoms with Crippen LogP contribution in [0.15, 0.2) is 23.0 Å². The molecule has 0 atom stereocenters. The van der Waals surface area contributed by atoms with Crippen LogP contribution in [0, 0.1) is 0 Å². The maximum Gasteiger partial charge on any atom is 0.253 e. The summed E-state index contributed by atoms with van der Waals surface area (Å²) in [6.07, 6.45) is 1.84. The summed E-state index contributed by atoms with van der Waals surface area (Å²) < 4.78 is 7.32. The number of rotatable bonds is 6. The Labute approximate surface area is 174 Å². The summed E-state index contributed by atoms with van der Waals surface area (Å²) in [7, 11) is 0. The molecule has 1 aromatic heterocycles. The summed E-state index contributed by atoms with van der Waals surface area (Å²) in [5.74, 6) is 0.873. The number of ether oxygens (including phenoxy) is 1. The number of piperazine rings is 1. The van der Waals surface area contributed by atoms with Crippen LogP contribution < -0.4 is 15.6 Å². The van der Waals surface area contributed by atoms with Crippen molar-refractivity contribution in [3.8, 4) is 5.75 Å². The van der Waals surface area contributed by atoms with Crippen LogP contribution in [0.25, 0.3) is 10.9 Å². The summed E-state index contributed by atoms with van der Waals surface area (Å²) in [6, 6.07) is 5.98. The van der Waals surface area contributed by atoms with Crippen LogP contribution >= 0.6 is 0 Å². The molecule has 4 rings (SSSR count). The van der Waals surface area contributed by atoms with E-state index in [1.165, 1.54) is 30.7 Å². The van der Waals surface area contributed by atoms with Gasteiger partial charge in [-0.2, -0.15) is 0 Å². The third-order valence-electron chi connectivity index (χ3n) is 6.79. The fourth-order valence-electron chi connectivity index (χ4n) is 4.62. The second-order valence-electron chi connectivity index (χ2n) is 8.16. The number of nitrogens with zero attached hydrogens (tertiary/aromatic N) is 2. The summed E-state index contributed by atoms with van der Waals surface area (Å²) in [5.41, 5.74) is 2.76. The van der Waals surface area contributed by atoms with Crippen molar-refractivity contribution < 1.29 is 9.22 Å². The number of benzene rings is 1. The minimum atomic E-state index is 0. The minimum absolute atomic E-state index is 0. The minimum Gasteiger partial charge on any atom is -0.492 e. The Morgan fingerprint density at radius 3 is 2.66 bits per heavy atom. The van der Waals surface area contributed by atoms with Crippen molar-refractivity contribution in [2.75, 3.05) is 64.3 Å². The van der Waals surface area contributed by atoms with E-state index in [1.54, 1.807) is 0 Å². The zero-order valence-electron chi connectivity index (χ0n) is 17.2. The number of fused-ring (bicyclic) bond motifs is 3. The number of likely N-dealkylation sites (N-methyl/N-ethyl adjacent to an activating group) is 1. The molecular formula is C23H37N4O2+. The number of pyridine rings is 1. The molecule has 0 bridgehead atoms. The summed E-state index contributed by atoms with van der Waals surface area (Å²) in [6.45, 7) is 14.5. The number of hydrogen-bond donors (Lipinski definition) is 2. The van der Waals surface area contributed by atoms with Gasteiger partial charge in [0, 0.05) is 37.1 Å². The first kappa shape index (κ1) is 21.7. The predicted molar refractivity (Wildman–Crippen MR) is 121 cm³/mol. The van der Waals surface area contributed by atoms with Gasteiger partial charge in [0.2, 0.25) is 0 Å². The normalized spacial score (nSPS) is 18.6. The van der Waals surface area contributed by atoms with E-state index in [0.717, 1.165) is 66.9 Å². The topological polar surface area (TPSA) is 57.4 Å². The molecular weight excluding hydrogens is 364 g/mol. The van der Waals surface area contributed by atoms with Gasteiger partial charge >= 0.3 is 0 Å². The van der Waals surface area contributed by atoms with E-state index < -0.39 is 0 Å². The Hall–Kier alpha value is -2.05. The lowest BCUT2D eigenvalue weighted by atomic mass is 10.0. The average Bonchev–Trinajstić information content (AvgIpc) is 2.75. The van der Waals surface area contributed by atoms with Gasteiger partial charge in [0.05, 0.1) is 37.4 Å². The molecule has 29 heavy (non-hydrogen) atoms.